The maximum atomic E-state index is 13.5. The molecule has 0 bridgehead atoms. The van der Waals surface area contributed by atoms with Crippen LogP contribution in [-0.4, -0.2) is 9.97 Å². The second kappa shape index (κ2) is 6.67. The summed E-state index contributed by atoms with van der Waals surface area (Å²) in [7, 11) is 0. The third-order valence-corrected chi connectivity index (χ3v) is 2.99. The average Bonchev–Trinajstić information content (AvgIpc) is 2.57. The third-order valence-electron chi connectivity index (χ3n) is 2.99. The van der Waals surface area contributed by atoms with Gasteiger partial charge in [-0.1, -0.05) is 18.2 Å². The van der Waals surface area contributed by atoms with E-state index in [0.29, 0.717) is 12.4 Å². The van der Waals surface area contributed by atoms with Gasteiger partial charge in [-0.15, -0.1) is 0 Å². The first-order valence-corrected chi connectivity index (χ1v) is 6.83. The smallest absolute Gasteiger partial charge is 0.219 e. The van der Waals surface area contributed by atoms with Crippen LogP contribution in [0.15, 0.2) is 67.0 Å². The lowest BCUT2D eigenvalue weighted by molar-refractivity contribution is 0.427. The van der Waals surface area contributed by atoms with E-state index in [1.807, 2.05) is 24.3 Å². The Morgan fingerprint density at radius 1 is 0.955 bits per heavy atom. The standard InChI is InChI=1S/C17H14FN3O/c18-15-6-1-2-7-16(15)22-17-9-8-14(12-21-17)20-11-13-5-3-4-10-19-13/h1-10,12,20H,11H2. The maximum Gasteiger partial charge on any atom is 0.219 e. The van der Waals surface area contributed by atoms with Crippen molar-refractivity contribution in [3.8, 4) is 11.6 Å². The number of halogens is 1. The second-order valence-electron chi connectivity index (χ2n) is 4.59. The molecule has 0 unspecified atom stereocenters. The molecule has 110 valence electrons. The van der Waals surface area contributed by atoms with Crippen LogP contribution in [0.2, 0.25) is 0 Å². The summed E-state index contributed by atoms with van der Waals surface area (Å²) in [6.07, 6.45) is 3.39. The number of pyridine rings is 2. The molecule has 0 amide bonds. The van der Waals surface area contributed by atoms with E-state index in [2.05, 4.69) is 15.3 Å². The number of aromatic nitrogens is 2. The summed E-state index contributed by atoms with van der Waals surface area (Å²) in [6, 6.07) is 15.5. The van der Waals surface area contributed by atoms with E-state index in [1.54, 1.807) is 36.7 Å². The zero-order valence-electron chi connectivity index (χ0n) is 11.7. The van der Waals surface area contributed by atoms with Gasteiger partial charge in [-0.25, -0.2) is 9.37 Å². The molecule has 0 atom stereocenters. The van der Waals surface area contributed by atoms with Crippen LogP contribution < -0.4 is 10.1 Å². The Hall–Kier alpha value is -2.95. The average molecular weight is 295 g/mol. The number of hydrogen-bond donors (Lipinski definition) is 1. The van der Waals surface area contributed by atoms with Gasteiger partial charge in [0, 0.05) is 12.3 Å². The SMILES string of the molecule is Fc1ccccc1Oc1ccc(NCc2ccccn2)cn1. The lowest BCUT2D eigenvalue weighted by Gasteiger charge is -2.08. The Kier molecular flexibility index (Phi) is 4.25. The van der Waals surface area contributed by atoms with E-state index in [4.69, 9.17) is 4.74 Å². The fourth-order valence-electron chi connectivity index (χ4n) is 1.88. The van der Waals surface area contributed by atoms with Crippen LogP contribution in [-0.2, 0) is 6.54 Å². The van der Waals surface area contributed by atoms with Gasteiger partial charge in [0.05, 0.1) is 24.1 Å². The van der Waals surface area contributed by atoms with Crippen molar-refractivity contribution in [3.63, 3.8) is 0 Å². The van der Waals surface area contributed by atoms with Crippen molar-refractivity contribution in [2.75, 3.05) is 5.32 Å². The van der Waals surface area contributed by atoms with Crippen molar-refractivity contribution in [2.45, 2.75) is 6.54 Å². The highest BCUT2D eigenvalue weighted by atomic mass is 19.1. The molecule has 0 radical (unpaired) electrons. The summed E-state index contributed by atoms with van der Waals surface area (Å²) in [5.41, 5.74) is 1.78. The van der Waals surface area contributed by atoms with Crippen LogP contribution in [0.1, 0.15) is 5.69 Å². The molecule has 0 saturated heterocycles. The Morgan fingerprint density at radius 3 is 2.55 bits per heavy atom. The number of benzene rings is 1. The maximum absolute atomic E-state index is 13.5. The van der Waals surface area contributed by atoms with Crippen LogP contribution in [0.4, 0.5) is 10.1 Å². The highest BCUT2D eigenvalue weighted by Crippen LogP contribution is 2.23. The van der Waals surface area contributed by atoms with Crippen molar-refractivity contribution < 1.29 is 9.13 Å². The first-order chi connectivity index (χ1) is 10.8. The van der Waals surface area contributed by atoms with E-state index in [0.717, 1.165) is 11.4 Å². The molecule has 3 rings (SSSR count). The normalized spacial score (nSPS) is 10.2. The first-order valence-electron chi connectivity index (χ1n) is 6.83. The predicted octanol–water partition coefficient (Wildman–Crippen LogP) is 4.02. The van der Waals surface area contributed by atoms with Gasteiger partial charge in [0.1, 0.15) is 0 Å². The highest BCUT2D eigenvalue weighted by molar-refractivity contribution is 5.43. The van der Waals surface area contributed by atoms with Gasteiger partial charge < -0.3 is 10.1 Å². The fraction of sp³-hybridized carbons (Fsp3) is 0.0588. The second-order valence-corrected chi connectivity index (χ2v) is 4.59. The van der Waals surface area contributed by atoms with Gasteiger partial charge in [-0.3, -0.25) is 4.98 Å². The van der Waals surface area contributed by atoms with Crippen molar-refractivity contribution in [3.05, 3.63) is 78.5 Å². The summed E-state index contributed by atoms with van der Waals surface area (Å²) >= 11 is 0. The van der Waals surface area contributed by atoms with E-state index < -0.39 is 5.82 Å². The lowest BCUT2D eigenvalue weighted by Crippen LogP contribution is -2.01. The molecule has 0 aliphatic rings. The van der Waals surface area contributed by atoms with Crippen molar-refractivity contribution in [1.29, 1.82) is 0 Å². The summed E-state index contributed by atoms with van der Waals surface area (Å²) in [5.74, 6) is 0.0827. The van der Waals surface area contributed by atoms with E-state index in [9.17, 15) is 4.39 Å². The molecular formula is C17H14FN3O. The van der Waals surface area contributed by atoms with Gasteiger partial charge >= 0.3 is 0 Å². The molecule has 1 N–H and O–H groups in total. The third kappa shape index (κ3) is 3.58. The number of nitrogens with one attached hydrogen (secondary N) is 1. The number of nitrogens with zero attached hydrogens (tertiary/aromatic N) is 2. The molecule has 22 heavy (non-hydrogen) atoms. The molecule has 3 aromatic rings. The Balaban J connectivity index is 1.62. The van der Waals surface area contributed by atoms with E-state index >= 15 is 0 Å². The van der Waals surface area contributed by atoms with Crippen molar-refractivity contribution in [2.24, 2.45) is 0 Å². The van der Waals surface area contributed by atoms with Crippen LogP contribution in [0.3, 0.4) is 0 Å². The Labute approximate surface area is 127 Å². The highest BCUT2D eigenvalue weighted by Gasteiger charge is 2.04. The molecule has 0 aliphatic carbocycles. The van der Waals surface area contributed by atoms with Gasteiger partial charge in [0.25, 0.3) is 0 Å². The van der Waals surface area contributed by atoms with Crippen molar-refractivity contribution in [1.82, 2.24) is 9.97 Å². The molecule has 0 saturated carbocycles. The first kappa shape index (κ1) is 14.0. The quantitative estimate of drug-likeness (QED) is 0.772. The van der Waals surface area contributed by atoms with Gasteiger partial charge in [0.15, 0.2) is 11.6 Å². The number of rotatable bonds is 5. The molecule has 0 aliphatic heterocycles. The lowest BCUT2D eigenvalue weighted by atomic mass is 10.3. The van der Waals surface area contributed by atoms with Crippen LogP contribution in [0.25, 0.3) is 0 Å². The summed E-state index contributed by atoms with van der Waals surface area (Å²) in [4.78, 5) is 8.38. The zero-order valence-corrected chi connectivity index (χ0v) is 11.7. The monoisotopic (exact) mass is 295 g/mol. The van der Waals surface area contributed by atoms with Gasteiger partial charge in [-0.2, -0.15) is 0 Å². The minimum absolute atomic E-state index is 0.157. The number of anilines is 1. The number of para-hydroxylation sites is 1. The molecule has 0 fully saturated rings. The Morgan fingerprint density at radius 2 is 1.82 bits per heavy atom. The molecule has 5 heteroatoms. The summed E-state index contributed by atoms with van der Waals surface area (Å²) < 4.78 is 18.9. The Bertz CT molecular complexity index is 732. The number of ether oxygens (including phenoxy) is 1. The zero-order chi connectivity index (χ0) is 15.2. The molecule has 4 nitrogen and oxygen atoms in total. The minimum Gasteiger partial charge on any atom is -0.436 e. The van der Waals surface area contributed by atoms with Gasteiger partial charge in [-0.05, 0) is 30.3 Å². The fourth-order valence-corrected chi connectivity index (χ4v) is 1.88. The van der Waals surface area contributed by atoms with Crippen LogP contribution >= 0.6 is 0 Å². The van der Waals surface area contributed by atoms with Gasteiger partial charge in [0.2, 0.25) is 5.88 Å². The molecule has 0 spiro atoms. The molecule has 2 aromatic heterocycles. The van der Waals surface area contributed by atoms with E-state index in [-0.39, 0.29) is 5.75 Å². The van der Waals surface area contributed by atoms with Crippen LogP contribution in [0.5, 0.6) is 11.6 Å². The summed E-state index contributed by atoms with van der Waals surface area (Å²) in [5, 5.41) is 3.21. The molecule has 2 heterocycles. The molecular weight excluding hydrogens is 281 g/mol. The minimum atomic E-state index is -0.415. The summed E-state index contributed by atoms with van der Waals surface area (Å²) in [6.45, 7) is 0.607. The van der Waals surface area contributed by atoms with Crippen molar-refractivity contribution >= 4 is 5.69 Å². The van der Waals surface area contributed by atoms with Crippen LogP contribution in [0, 0.1) is 5.82 Å². The van der Waals surface area contributed by atoms with E-state index in [1.165, 1.54) is 6.07 Å². The predicted molar refractivity (Wildman–Crippen MR) is 82.3 cm³/mol. The largest absolute Gasteiger partial charge is 0.436 e. The topological polar surface area (TPSA) is 47.0 Å². The molecule has 1 aromatic carbocycles. The number of hydrogen-bond acceptors (Lipinski definition) is 4.